The number of carbonyl (C=O) groups excluding carboxylic acids is 1. The number of methoxy groups -OCH3 is 2. The number of carbonyl (C=O) groups is 1. The van der Waals surface area contributed by atoms with Crippen LogP contribution in [0.5, 0.6) is 11.5 Å². The summed E-state index contributed by atoms with van der Waals surface area (Å²) >= 11 is 0. The molecule has 1 rings (SSSR count). The van der Waals surface area contributed by atoms with Crippen LogP contribution >= 0.6 is 0 Å². The number of hydrogen-bond acceptors (Lipinski definition) is 3. The van der Waals surface area contributed by atoms with Crippen molar-refractivity contribution in [2.24, 2.45) is 5.41 Å². The SMILES string of the molecule is COc1cc(NC(=O)NC(C)C(C)(C)C)cc(OC)c1. The average Bonchev–Trinajstić information content (AvgIpc) is 2.36. The van der Waals surface area contributed by atoms with Gasteiger partial charge < -0.3 is 20.1 Å². The molecule has 20 heavy (non-hydrogen) atoms. The van der Waals surface area contributed by atoms with Crippen molar-refractivity contribution in [2.45, 2.75) is 33.7 Å². The van der Waals surface area contributed by atoms with Gasteiger partial charge in [0, 0.05) is 29.9 Å². The number of nitrogens with one attached hydrogen (secondary N) is 2. The molecule has 1 unspecified atom stereocenters. The minimum Gasteiger partial charge on any atom is -0.497 e. The van der Waals surface area contributed by atoms with Crippen LogP contribution in [0.25, 0.3) is 0 Å². The summed E-state index contributed by atoms with van der Waals surface area (Å²) in [5, 5.41) is 5.70. The summed E-state index contributed by atoms with van der Waals surface area (Å²) in [4.78, 5) is 12.0. The Kier molecular flexibility index (Phi) is 5.25. The van der Waals surface area contributed by atoms with Crippen molar-refractivity contribution in [2.75, 3.05) is 19.5 Å². The number of benzene rings is 1. The molecule has 2 amide bonds. The fraction of sp³-hybridized carbons (Fsp3) is 0.533. The third kappa shape index (κ3) is 4.64. The third-order valence-corrected chi connectivity index (χ3v) is 3.26. The normalized spacial score (nSPS) is 12.5. The molecule has 5 heteroatoms. The molecule has 0 saturated carbocycles. The Morgan fingerprint density at radius 3 is 2.00 bits per heavy atom. The molecule has 0 aliphatic rings. The van der Waals surface area contributed by atoms with Gasteiger partial charge in [-0.1, -0.05) is 20.8 Å². The topological polar surface area (TPSA) is 59.6 Å². The number of urea groups is 1. The summed E-state index contributed by atoms with van der Waals surface area (Å²) in [7, 11) is 3.14. The van der Waals surface area contributed by atoms with E-state index in [1.165, 1.54) is 0 Å². The van der Waals surface area contributed by atoms with Gasteiger partial charge in [0.2, 0.25) is 0 Å². The van der Waals surface area contributed by atoms with Gasteiger partial charge in [-0.3, -0.25) is 0 Å². The van der Waals surface area contributed by atoms with Gasteiger partial charge in [0.05, 0.1) is 14.2 Å². The molecular formula is C15H24N2O3. The van der Waals surface area contributed by atoms with E-state index < -0.39 is 0 Å². The Morgan fingerprint density at radius 1 is 1.10 bits per heavy atom. The molecular weight excluding hydrogens is 256 g/mol. The fourth-order valence-corrected chi connectivity index (χ4v) is 1.46. The lowest BCUT2D eigenvalue weighted by atomic mass is 9.88. The van der Waals surface area contributed by atoms with Crippen LogP contribution in [-0.2, 0) is 0 Å². The first-order chi connectivity index (χ1) is 9.26. The molecule has 0 aliphatic heterocycles. The Bertz CT molecular complexity index is 444. The summed E-state index contributed by atoms with van der Waals surface area (Å²) in [6.45, 7) is 8.21. The van der Waals surface area contributed by atoms with Gasteiger partial charge in [0.25, 0.3) is 0 Å². The quantitative estimate of drug-likeness (QED) is 0.890. The molecule has 5 nitrogen and oxygen atoms in total. The lowest BCUT2D eigenvalue weighted by Gasteiger charge is -2.28. The Morgan fingerprint density at radius 2 is 1.60 bits per heavy atom. The zero-order chi connectivity index (χ0) is 15.3. The molecule has 0 radical (unpaired) electrons. The minimum absolute atomic E-state index is 0.00338. The molecule has 1 aromatic rings. The molecule has 0 heterocycles. The highest BCUT2D eigenvalue weighted by Crippen LogP contribution is 2.26. The number of ether oxygens (including phenoxy) is 2. The summed E-state index contributed by atoms with van der Waals surface area (Å²) in [6.07, 6.45) is 0. The van der Waals surface area contributed by atoms with Crippen LogP contribution < -0.4 is 20.1 Å². The molecule has 112 valence electrons. The maximum atomic E-state index is 12.0. The zero-order valence-electron chi connectivity index (χ0n) is 13.0. The average molecular weight is 280 g/mol. The van der Waals surface area contributed by atoms with Crippen LogP contribution in [-0.4, -0.2) is 26.3 Å². The van der Waals surface area contributed by atoms with Crippen molar-refractivity contribution in [1.29, 1.82) is 0 Å². The maximum Gasteiger partial charge on any atom is 0.319 e. The predicted molar refractivity (Wildman–Crippen MR) is 80.6 cm³/mol. The maximum absolute atomic E-state index is 12.0. The first-order valence-corrected chi connectivity index (χ1v) is 6.57. The van der Waals surface area contributed by atoms with Gasteiger partial charge in [-0.2, -0.15) is 0 Å². The molecule has 1 atom stereocenters. The van der Waals surface area contributed by atoms with E-state index >= 15 is 0 Å². The van der Waals surface area contributed by atoms with Crippen molar-refractivity contribution < 1.29 is 14.3 Å². The van der Waals surface area contributed by atoms with E-state index in [0.29, 0.717) is 17.2 Å². The van der Waals surface area contributed by atoms with E-state index in [4.69, 9.17) is 9.47 Å². The second-order valence-electron chi connectivity index (χ2n) is 5.79. The van der Waals surface area contributed by atoms with Crippen LogP contribution in [0.15, 0.2) is 18.2 Å². The molecule has 0 fully saturated rings. The van der Waals surface area contributed by atoms with E-state index in [0.717, 1.165) is 0 Å². The van der Waals surface area contributed by atoms with Crippen LogP contribution in [0.4, 0.5) is 10.5 Å². The van der Waals surface area contributed by atoms with E-state index in [9.17, 15) is 4.79 Å². The molecule has 0 bridgehead atoms. The fourth-order valence-electron chi connectivity index (χ4n) is 1.46. The molecule has 0 saturated heterocycles. The highest BCUT2D eigenvalue weighted by atomic mass is 16.5. The van der Waals surface area contributed by atoms with Crippen LogP contribution in [0.1, 0.15) is 27.7 Å². The summed E-state index contributed by atoms with van der Waals surface area (Å²) < 4.78 is 10.3. The minimum atomic E-state index is -0.247. The molecule has 2 N–H and O–H groups in total. The number of hydrogen-bond donors (Lipinski definition) is 2. The molecule has 0 aromatic heterocycles. The third-order valence-electron chi connectivity index (χ3n) is 3.26. The van der Waals surface area contributed by atoms with E-state index in [-0.39, 0.29) is 17.5 Å². The largest absolute Gasteiger partial charge is 0.497 e. The highest BCUT2D eigenvalue weighted by Gasteiger charge is 2.21. The van der Waals surface area contributed by atoms with Gasteiger partial charge in [-0.25, -0.2) is 4.79 Å². The van der Waals surface area contributed by atoms with Crippen molar-refractivity contribution >= 4 is 11.7 Å². The van der Waals surface area contributed by atoms with Crippen molar-refractivity contribution in [3.63, 3.8) is 0 Å². The van der Waals surface area contributed by atoms with Gasteiger partial charge in [0.15, 0.2) is 0 Å². The highest BCUT2D eigenvalue weighted by molar-refractivity contribution is 5.90. The van der Waals surface area contributed by atoms with E-state index in [1.807, 2.05) is 6.92 Å². The van der Waals surface area contributed by atoms with Gasteiger partial charge in [-0.15, -0.1) is 0 Å². The smallest absolute Gasteiger partial charge is 0.319 e. The second kappa shape index (κ2) is 6.50. The van der Waals surface area contributed by atoms with Gasteiger partial charge in [-0.05, 0) is 12.3 Å². The summed E-state index contributed by atoms with van der Waals surface area (Å²) in [5.74, 6) is 1.26. The van der Waals surface area contributed by atoms with Crippen molar-refractivity contribution in [3.8, 4) is 11.5 Å². The molecule has 1 aromatic carbocycles. The lowest BCUT2D eigenvalue weighted by Crippen LogP contribution is -2.43. The summed E-state index contributed by atoms with van der Waals surface area (Å²) in [6, 6.07) is 5.03. The van der Waals surface area contributed by atoms with Gasteiger partial charge >= 0.3 is 6.03 Å². The monoisotopic (exact) mass is 280 g/mol. The Balaban J connectivity index is 2.75. The molecule has 0 spiro atoms. The number of amides is 2. The molecule has 0 aliphatic carbocycles. The first kappa shape index (κ1) is 16.1. The Labute approximate surface area is 120 Å². The summed E-state index contributed by atoms with van der Waals surface area (Å²) in [5.41, 5.74) is 0.628. The van der Waals surface area contributed by atoms with E-state index in [2.05, 4.69) is 31.4 Å². The first-order valence-electron chi connectivity index (χ1n) is 6.57. The number of anilines is 1. The standard InChI is InChI=1S/C15H24N2O3/c1-10(15(2,3)4)16-14(18)17-11-7-12(19-5)9-13(8-11)20-6/h7-10H,1-6H3,(H2,16,17,18). The Hall–Kier alpha value is -1.91. The predicted octanol–water partition coefficient (Wildman–Crippen LogP) is 3.26. The van der Waals surface area contributed by atoms with Crippen molar-refractivity contribution in [1.82, 2.24) is 5.32 Å². The van der Waals surface area contributed by atoms with Gasteiger partial charge in [0.1, 0.15) is 11.5 Å². The van der Waals surface area contributed by atoms with E-state index in [1.54, 1.807) is 32.4 Å². The van der Waals surface area contributed by atoms with Crippen LogP contribution in [0.2, 0.25) is 0 Å². The lowest BCUT2D eigenvalue weighted by molar-refractivity contribution is 0.233. The number of rotatable bonds is 4. The van der Waals surface area contributed by atoms with Crippen LogP contribution in [0, 0.1) is 5.41 Å². The van der Waals surface area contributed by atoms with Crippen LogP contribution in [0.3, 0.4) is 0 Å². The zero-order valence-corrected chi connectivity index (χ0v) is 13.0. The van der Waals surface area contributed by atoms with Crippen molar-refractivity contribution in [3.05, 3.63) is 18.2 Å². The second-order valence-corrected chi connectivity index (χ2v) is 5.79.